The van der Waals surface area contributed by atoms with Crippen molar-refractivity contribution >= 4 is 5.91 Å². The van der Waals surface area contributed by atoms with Crippen LogP contribution in [0.3, 0.4) is 0 Å². The molecule has 0 atom stereocenters. The lowest BCUT2D eigenvalue weighted by Gasteiger charge is -2.34. The Kier molecular flexibility index (Phi) is 4.43. The van der Waals surface area contributed by atoms with E-state index in [0.717, 1.165) is 25.9 Å². The minimum Gasteiger partial charge on any atom is -0.337 e. The van der Waals surface area contributed by atoms with Crippen molar-refractivity contribution in [2.45, 2.75) is 18.9 Å². The highest BCUT2D eigenvalue weighted by Gasteiger charge is 2.25. The maximum Gasteiger partial charge on any atom is 0.274 e. The number of benzene rings is 1. The molecule has 2 heterocycles. The lowest BCUT2D eigenvalue weighted by Crippen LogP contribution is -2.44. The summed E-state index contributed by atoms with van der Waals surface area (Å²) in [6, 6.07) is 8.37. The third kappa shape index (κ3) is 3.42. The zero-order valence-corrected chi connectivity index (χ0v) is 13.4. The van der Waals surface area contributed by atoms with Crippen LogP contribution in [0.5, 0.6) is 0 Å². The molecule has 1 aliphatic rings. The number of halogens is 1. The van der Waals surface area contributed by atoms with Gasteiger partial charge in [-0.2, -0.15) is 5.10 Å². The molecule has 1 saturated heterocycles. The molecule has 1 aromatic carbocycles. The van der Waals surface area contributed by atoms with Crippen LogP contribution in [0.25, 0.3) is 5.69 Å². The second-order valence-electron chi connectivity index (χ2n) is 6.11. The topological polar surface area (TPSA) is 41.4 Å². The average molecular weight is 316 g/mol. The quantitative estimate of drug-likeness (QED) is 0.871. The number of hydrogen-bond acceptors (Lipinski definition) is 3. The molecule has 6 heteroatoms. The molecule has 3 rings (SSSR count). The summed E-state index contributed by atoms with van der Waals surface area (Å²) in [7, 11) is 4.14. The van der Waals surface area contributed by atoms with Crippen molar-refractivity contribution in [1.82, 2.24) is 19.6 Å². The van der Waals surface area contributed by atoms with Gasteiger partial charge in [-0.25, -0.2) is 9.07 Å². The van der Waals surface area contributed by atoms with Gasteiger partial charge in [-0.3, -0.25) is 4.79 Å². The molecule has 122 valence electrons. The number of amides is 1. The minimum absolute atomic E-state index is 0.0580. The Morgan fingerprint density at radius 3 is 2.65 bits per heavy atom. The third-order valence-electron chi connectivity index (χ3n) is 4.36. The molecule has 0 saturated carbocycles. The van der Waals surface area contributed by atoms with Crippen LogP contribution in [-0.2, 0) is 0 Å². The van der Waals surface area contributed by atoms with Crippen LogP contribution in [0.1, 0.15) is 23.3 Å². The van der Waals surface area contributed by atoms with Crippen LogP contribution < -0.4 is 0 Å². The van der Waals surface area contributed by atoms with E-state index in [4.69, 9.17) is 0 Å². The standard InChI is InChI=1S/C17H21FN4O/c1-20(2)14-6-9-21(10-7-14)17(23)16-8-11-22(19-16)15-5-3-4-13(18)12-15/h3-5,8,11-12,14H,6-7,9-10H2,1-2H3. The van der Waals surface area contributed by atoms with Crippen molar-refractivity contribution in [2.24, 2.45) is 0 Å². The van der Waals surface area contributed by atoms with Gasteiger partial charge in [0.05, 0.1) is 5.69 Å². The van der Waals surface area contributed by atoms with E-state index in [0.29, 0.717) is 17.4 Å². The Balaban J connectivity index is 1.70. The van der Waals surface area contributed by atoms with Crippen LogP contribution in [0.15, 0.2) is 36.5 Å². The molecule has 0 aliphatic carbocycles. The summed E-state index contributed by atoms with van der Waals surface area (Å²) in [5.41, 5.74) is 1.01. The summed E-state index contributed by atoms with van der Waals surface area (Å²) in [5, 5.41) is 4.30. The normalized spacial score (nSPS) is 16.1. The monoisotopic (exact) mass is 316 g/mol. The predicted molar refractivity (Wildman–Crippen MR) is 86.1 cm³/mol. The largest absolute Gasteiger partial charge is 0.337 e. The summed E-state index contributed by atoms with van der Waals surface area (Å²) in [5.74, 6) is -0.381. The number of carbonyl (C=O) groups is 1. The molecule has 0 spiro atoms. The maximum absolute atomic E-state index is 13.3. The summed E-state index contributed by atoms with van der Waals surface area (Å²) in [6.45, 7) is 1.49. The van der Waals surface area contributed by atoms with Crippen molar-refractivity contribution in [3.8, 4) is 5.69 Å². The first-order valence-electron chi connectivity index (χ1n) is 7.82. The first-order valence-corrected chi connectivity index (χ1v) is 7.82. The van der Waals surface area contributed by atoms with E-state index >= 15 is 0 Å². The minimum atomic E-state index is -0.323. The van der Waals surface area contributed by atoms with E-state index in [1.165, 1.54) is 16.8 Å². The lowest BCUT2D eigenvalue weighted by molar-refractivity contribution is 0.0657. The van der Waals surface area contributed by atoms with Gasteiger partial charge in [0.1, 0.15) is 5.82 Å². The Hall–Kier alpha value is -2.21. The summed E-state index contributed by atoms with van der Waals surface area (Å²) >= 11 is 0. The second kappa shape index (κ2) is 6.50. The van der Waals surface area contributed by atoms with Crippen molar-refractivity contribution in [3.63, 3.8) is 0 Å². The predicted octanol–water partition coefficient (Wildman–Crippen LogP) is 2.18. The molecule has 0 radical (unpaired) electrons. The van der Waals surface area contributed by atoms with Crippen LogP contribution in [0.4, 0.5) is 4.39 Å². The number of rotatable bonds is 3. The maximum atomic E-state index is 13.3. The Morgan fingerprint density at radius 1 is 1.26 bits per heavy atom. The summed E-state index contributed by atoms with van der Waals surface area (Å²) in [6.07, 6.45) is 3.64. The number of hydrogen-bond donors (Lipinski definition) is 0. The molecule has 1 fully saturated rings. The highest BCUT2D eigenvalue weighted by Crippen LogP contribution is 2.17. The fourth-order valence-electron chi connectivity index (χ4n) is 2.95. The molecule has 23 heavy (non-hydrogen) atoms. The first-order chi connectivity index (χ1) is 11.0. The van der Waals surface area contributed by atoms with E-state index in [-0.39, 0.29) is 11.7 Å². The summed E-state index contributed by atoms with van der Waals surface area (Å²) in [4.78, 5) is 16.6. The van der Waals surface area contributed by atoms with Crippen molar-refractivity contribution in [3.05, 3.63) is 48.0 Å². The van der Waals surface area contributed by atoms with Gasteiger partial charge in [0.25, 0.3) is 5.91 Å². The fourth-order valence-corrected chi connectivity index (χ4v) is 2.95. The van der Waals surface area contributed by atoms with Crippen molar-refractivity contribution < 1.29 is 9.18 Å². The molecule has 2 aromatic rings. The molecular formula is C17H21FN4O. The average Bonchev–Trinajstić information content (AvgIpc) is 3.04. The highest BCUT2D eigenvalue weighted by atomic mass is 19.1. The molecule has 1 amide bonds. The Morgan fingerprint density at radius 2 is 2.00 bits per heavy atom. The van der Waals surface area contributed by atoms with Crippen LogP contribution >= 0.6 is 0 Å². The number of aromatic nitrogens is 2. The second-order valence-corrected chi connectivity index (χ2v) is 6.11. The van der Waals surface area contributed by atoms with Crippen LogP contribution in [0, 0.1) is 5.82 Å². The molecule has 1 aliphatic heterocycles. The van der Waals surface area contributed by atoms with E-state index in [2.05, 4.69) is 24.1 Å². The van der Waals surface area contributed by atoms with Gasteiger partial charge >= 0.3 is 0 Å². The molecule has 1 aromatic heterocycles. The molecule has 0 N–H and O–H groups in total. The van der Waals surface area contributed by atoms with E-state index < -0.39 is 0 Å². The van der Waals surface area contributed by atoms with Gasteiger partial charge in [-0.15, -0.1) is 0 Å². The van der Waals surface area contributed by atoms with Gasteiger partial charge in [-0.1, -0.05) is 6.07 Å². The number of carbonyl (C=O) groups excluding carboxylic acids is 1. The van der Waals surface area contributed by atoms with Crippen LogP contribution in [-0.4, -0.2) is 58.7 Å². The van der Waals surface area contributed by atoms with Gasteiger partial charge < -0.3 is 9.80 Å². The van der Waals surface area contributed by atoms with Gasteiger partial charge in [0, 0.05) is 25.3 Å². The smallest absolute Gasteiger partial charge is 0.274 e. The Bertz CT molecular complexity index is 689. The molecule has 0 unspecified atom stereocenters. The van der Waals surface area contributed by atoms with E-state index in [1.54, 1.807) is 24.4 Å². The highest BCUT2D eigenvalue weighted by molar-refractivity contribution is 5.92. The number of nitrogens with zero attached hydrogens (tertiary/aromatic N) is 4. The number of likely N-dealkylation sites (tertiary alicyclic amines) is 1. The zero-order chi connectivity index (χ0) is 16.4. The van der Waals surface area contributed by atoms with Crippen molar-refractivity contribution in [1.29, 1.82) is 0 Å². The van der Waals surface area contributed by atoms with Gasteiger partial charge in [-0.05, 0) is 51.2 Å². The lowest BCUT2D eigenvalue weighted by atomic mass is 10.0. The fraction of sp³-hybridized carbons (Fsp3) is 0.412. The van der Waals surface area contributed by atoms with E-state index in [9.17, 15) is 9.18 Å². The molecule has 0 bridgehead atoms. The zero-order valence-electron chi connectivity index (χ0n) is 13.4. The van der Waals surface area contributed by atoms with Crippen LogP contribution in [0.2, 0.25) is 0 Å². The SMILES string of the molecule is CN(C)C1CCN(C(=O)c2ccn(-c3cccc(F)c3)n2)CC1. The van der Waals surface area contributed by atoms with Gasteiger partial charge in [0.2, 0.25) is 0 Å². The van der Waals surface area contributed by atoms with Crippen molar-refractivity contribution in [2.75, 3.05) is 27.2 Å². The molecule has 5 nitrogen and oxygen atoms in total. The third-order valence-corrected chi connectivity index (χ3v) is 4.36. The summed E-state index contributed by atoms with van der Waals surface area (Å²) < 4.78 is 14.8. The van der Waals surface area contributed by atoms with E-state index in [1.807, 2.05) is 4.90 Å². The number of piperidine rings is 1. The first kappa shape index (κ1) is 15.7. The molecular weight excluding hydrogens is 295 g/mol. The van der Waals surface area contributed by atoms with Gasteiger partial charge in [0.15, 0.2) is 5.69 Å². The Labute approximate surface area is 135 Å².